The van der Waals surface area contributed by atoms with Gasteiger partial charge in [-0.3, -0.25) is 4.79 Å². The monoisotopic (exact) mass is 288 g/mol. The van der Waals surface area contributed by atoms with Crippen molar-refractivity contribution in [2.45, 2.75) is 12.5 Å². The fourth-order valence-electron chi connectivity index (χ4n) is 2.67. The summed E-state index contributed by atoms with van der Waals surface area (Å²) in [5.41, 5.74) is 1.49. The van der Waals surface area contributed by atoms with E-state index in [1.54, 1.807) is 24.1 Å². The molecular formula is C15H16N2O4. The van der Waals surface area contributed by atoms with Crippen LogP contribution >= 0.6 is 0 Å². The Labute approximate surface area is 121 Å². The van der Waals surface area contributed by atoms with Crippen molar-refractivity contribution in [3.05, 3.63) is 42.2 Å². The van der Waals surface area contributed by atoms with Gasteiger partial charge >= 0.3 is 5.97 Å². The molecule has 0 aliphatic carbocycles. The predicted molar refractivity (Wildman–Crippen MR) is 74.6 cm³/mol. The van der Waals surface area contributed by atoms with Crippen LogP contribution < -0.4 is 4.74 Å². The number of carboxylic acids is 1. The van der Waals surface area contributed by atoms with Gasteiger partial charge in [0.25, 0.3) is 0 Å². The average Bonchev–Trinajstić information content (AvgIpc) is 3.15. The van der Waals surface area contributed by atoms with E-state index in [1.807, 2.05) is 24.3 Å². The Morgan fingerprint density at radius 1 is 1.43 bits per heavy atom. The normalized spacial score (nSPS) is 21.4. The Balaban J connectivity index is 2.03. The molecule has 0 radical (unpaired) electrons. The number of aliphatic carboxylic acids is 1. The molecule has 21 heavy (non-hydrogen) atoms. The van der Waals surface area contributed by atoms with Crippen LogP contribution in [0.15, 0.2) is 36.5 Å². The van der Waals surface area contributed by atoms with Crippen LogP contribution in [0.1, 0.15) is 18.2 Å². The number of carboxylic acid groups (broad SMARTS) is 1. The molecule has 1 aliphatic heterocycles. The third-order valence-electron chi connectivity index (χ3n) is 3.69. The van der Waals surface area contributed by atoms with Gasteiger partial charge in [-0.25, -0.2) is 4.68 Å². The summed E-state index contributed by atoms with van der Waals surface area (Å²) in [5, 5.41) is 13.6. The smallest absolute Gasteiger partial charge is 0.309 e. The Kier molecular flexibility index (Phi) is 3.62. The Morgan fingerprint density at radius 3 is 3.00 bits per heavy atom. The molecule has 2 aromatic rings. The van der Waals surface area contributed by atoms with E-state index >= 15 is 0 Å². The minimum Gasteiger partial charge on any atom is -0.494 e. The number of hydrogen-bond acceptors (Lipinski definition) is 4. The van der Waals surface area contributed by atoms with Gasteiger partial charge in [-0.05, 0) is 24.6 Å². The van der Waals surface area contributed by atoms with Crippen molar-refractivity contribution in [3.8, 4) is 11.4 Å². The van der Waals surface area contributed by atoms with E-state index in [9.17, 15) is 9.90 Å². The van der Waals surface area contributed by atoms with Gasteiger partial charge in [-0.15, -0.1) is 0 Å². The van der Waals surface area contributed by atoms with Crippen LogP contribution in [0.3, 0.4) is 0 Å². The summed E-state index contributed by atoms with van der Waals surface area (Å²) in [4.78, 5) is 11.3. The van der Waals surface area contributed by atoms with Crippen LogP contribution in [-0.4, -0.2) is 34.6 Å². The second-order valence-electron chi connectivity index (χ2n) is 4.86. The molecule has 1 fully saturated rings. The standard InChI is InChI=1S/C15H16N2O4/c1-20-13-5-3-2-4-11(13)17-12(6-8-16-17)14-10(15(18)19)7-9-21-14/h2-6,8,10,14H,7,9H2,1H3,(H,18,19)/t10-,14-/m1/s1. The number of methoxy groups -OCH3 is 1. The molecule has 1 saturated heterocycles. The first-order valence-corrected chi connectivity index (χ1v) is 6.74. The Hall–Kier alpha value is -2.34. The lowest BCUT2D eigenvalue weighted by Crippen LogP contribution is -2.20. The van der Waals surface area contributed by atoms with Crippen molar-refractivity contribution in [3.63, 3.8) is 0 Å². The van der Waals surface area contributed by atoms with E-state index in [1.165, 1.54) is 0 Å². The fourth-order valence-corrected chi connectivity index (χ4v) is 2.67. The maximum Gasteiger partial charge on any atom is 0.309 e. The first-order chi connectivity index (χ1) is 10.2. The molecule has 2 heterocycles. The zero-order chi connectivity index (χ0) is 14.8. The molecule has 110 valence electrons. The average molecular weight is 288 g/mol. The van der Waals surface area contributed by atoms with Crippen molar-refractivity contribution in [2.24, 2.45) is 5.92 Å². The van der Waals surface area contributed by atoms with Crippen LogP contribution in [0.4, 0.5) is 0 Å². The molecule has 1 aromatic heterocycles. The van der Waals surface area contributed by atoms with Gasteiger partial charge in [0.1, 0.15) is 17.5 Å². The lowest BCUT2D eigenvalue weighted by Gasteiger charge is -2.18. The van der Waals surface area contributed by atoms with Crippen LogP contribution in [-0.2, 0) is 9.53 Å². The first kappa shape index (κ1) is 13.6. The topological polar surface area (TPSA) is 73.6 Å². The number of ether oxygens (including phenoxy) is 2. The number of aromatic nitrogens is 2. The molecule has 1 aromatic carbocycles. The highest BCUT2D eigenvalue weighted by Gasteiger charge is 2.37. The van der Waals surface area contributed by atoms with E-state index in [0.29, 0.717) is 18.8 Å². The van der Waals surface area contributed by atoms with Crippen molar-refractivity contribution < 1.29 is 19.4 Å². The van der Waals surface area contributed by atoms with Crippen LogP contribution in [0.25, 0.3) is 5.69 Å². The van der Waals surface area contributed by atoms with Gasteiger partial charge in [0, 0.05) is 12.8 Å². The van der Waals surface area contributed by atoms with Crippen molar-refractivity contribution in [1.82, 2.24) is 9.78 Å². The molecule has 1 N–H and O–H groups in total. The summed E-state index contributed by atoms with van der Waals surface area (Å²) >= 11 is 0. The molecule has 6 heteroatoms. The summed E-state index contributed by atoms with van der Waals surface area (Å²) in [6.07, 6.45) is 1.66. The van der Waals surface area contributed by atoms with E-state index in [2.05, 4.69) is 5.10 Å². The highest BCUT2D eigenvalue weighted by atomic mass is 16.5. The molecule has 0 unspecified atom stereocenters. The Morgan fingerprint density at radius 2 is 2.24 bits per heavy atom. The third kappa shape index (κ3) is 2.38. The van der Waals surface area contributed by atoms with Gasteiger partial charge in [0.2, 0.25) is 0 Å². The highest BCUT2D eigenvalue weighted by molar-refractivity contribution is 5.71. The number of carbonyl (C=O) groups is 1. The minimum absolute atomic E-state index is 0.443. The lowest BCUT2D eigenvalue weighted by atomic mass is 9.99. The minimum atomic E-state index is -0.842. The third-order valence-corrected chi connectivity index (χ3v) is 3.69. The zero-order valence-electron chi connectivity index (χ0n) is 11.6. The molecule has 0 spiro atoms. The van der Waals surface area contributed by atoms with Crippen molar-refractivity contribution >= 4 is 5.97 Å². The zero-order valence-corrected chi connectivity index (χ0v) is 11.6. The number of nitrogens with zero attached hydrogens (tertiary/aromatic N) is 2. The molecule has 6 nitrogen and oxygen atoms in total. The fraction of sp³-hybridized carbons (Fsp3) is 0.333. The van der Waals surface area contributed by atoms with E-state index in [4.69, 9.17) is 9.47 Å². The maximum atomic E-state index is 11.3. The van der Waals surface area contributed by atoms with E-state index in [0.717, 1.165) is 11.4 Å². The van der Waals surface area contributed by atoms with Gasteiger partial charge in [-0.1, -0.05) is 12.1 Å². The van der Waals surface area contributed by atoms with Crippen LogP contribution in [0.5, 0.6) is 5.75 Å². The summed E-state index contributed by atoms with van der Waals surface area (Å²) in [6.45, 7) is 0.443. The summed E-state index contributed by atoms with van der Waals surface area (Å²) in [6, 6.07) is 9.26. The largest absolute Gasteiger partial charge is 0.494 e. The van der Waals surface area contributed by atoms with Gasteiger partial charge in [-0.2, -0.15) is 5.10 Å². The highest BCUT2D eigenvalue weighted by Crippen LogP contribution is 2.36. The maximum absolute atomic E-state index is 11.3. The first-order valence-electron chi connectivity index (χ1n) is 6.74. The molecule has 0 amide bonds. The molecule has 1 aliphatic rings. The SMILES string of the molecule is COc1ccccc1-n1nccc1[C@@H]1OCC[C@H]1C(=O)O. The van der Waals surface area contributed by atoms with Gasteiger partial charge in [0.15, 0.2) is 0 Å². The van der Waals surface area contributed by atoms with Crippen LogP contribution in [0, 0.1) is 5.92 Å². The number of benzene rings is 1. The summed E-state index contributed by atoms with van der Waals surface area (Å²) in [5.74, 6) is -0.715. The van der Waals surface area contributed by atoms with Crippen molar-refractivity contribution in [1.29, 1.82) is 0 Å². The van der Waals surface area contributed by atoms with Gasteiger partial charge < -0.3 is 14.6 Å². The second kappa shape index (κ2) is 5.57. The van der Waals surface area contributed by atoms with Crippen molar-refractivity contribution in [2.75, 3.05) is 13.7 Å². The number of rotatable bonds is 4. The Bertz CT molecular complexity index is 653. The lowest BCUT2D eigenvalue weighted by molar-refractivity contribution is -0.143. The van der Waals surface area contributed by atoms with E-state index < -0.39 is 18.0 Å². The summed E-state index contributed by atoms with van der Waals surface area (Å²) < 4.78 is 12.7. The van der Waals surface area contributed by atoms with E-state index in [-0.39, 0.29) is 0 Å². The molecule has 2 atom stereocenters. The molecular weight excluding hydrogens is 272 g/mol. The quantitative estimate of drug-likeness (QED) is 0.932. The second-order valence-corrected chi connectivity index (χ2v) is 4.86. The molecule has 0 saturated carbocycles. The number of hydrogen-bond donors (Lipinski definition) is 1. The summed E-state index contributed by atoms with van der Waals surface area (Å²) in [7, 11) is 1.59. The molecule has 0 bridgehead atoms. The van der Waals surface area contributed by atoms with Crippen LogP contribution in [0.2, 0.25) is 0 Å². The van der Waals surface area contributed by atoms with Gasteiger partial charge in [0.05, 0.1) is 18.7 Å². The number of para-hydroxylation sites is 2. The molecule has 3 rings (SSSR count). The predicted octanol–water partition coefficient (Wildman–Crippen LogP) is 2.04.